The zero-order valence-corrected chi connectivity index (χ0v) is 16.1. The van der Waals surface area contributed by atoms with Crippen LogP contribution in [0.5, 0.6) is 0 Å². The van der Waals surface area contributed by atoms with E-state index in [1.54, 1.807) is 0 Å². The van der Waals surface area contributed by atoms with E-state index in [-0.39, 0.29) is 24.7 Å². The van der Waals surface area contributed by atoms with Crippen LogP contribution in [-0.4, -0.2) is 67.3 Å². The van der Waals surface area contributed by atoms with Gasteiger partial charge < -0.3 is 14.5 Å². The summed E-state index contributed by atoms with van der Waals surface area (Å²) < 4.78 is 12.2. The van der Waals surface area contributed by atoms with Crippen molar-refractivity contribution in [3.63, 3.8) is 0 Å². The van der Waals surface area contributed by atoms with Crippen LogP contribution in [0.2, 0.25) is 0 Å². The Hall–Kier alpha value is -1.48. The monoisotopic (exact) mass is 383 g/mol. The Morgan fingerprint density at radius 3 is 2.93 bits per heavy atom. The molecule has 28 heavy (non-hydrogen) atoms. The number of nitrogens with zero attached hydrogens (tertiary/aromatic N) is 1. The number of nitrogens with one attached hydrogen (secondary N) is 4. The Morgan fingerprint density at radius 1 is 1.07 bits per heavy atom. The molecule has 0 saturated carbocycles. The average molecular weight is 383 g/mol. The quantitative estimate of drug-likeness (QED) is 0.623. The van der Waals surface area contributed by atoms with Crippen LogP contribution in [0.25, 0.3) is 10.9 Å². The lowest BCUT2D eigenvalue weighted by Gasteiger charge is -2.47. The highest BCUT2D eigenvalue weighted by atomic mass is 16.5. The molecule has 0 bridgehead atoms. The van der Waals surface area contributed by atoms with Crippen LogP contribution in [0.15, 0.2) is 30.5 Å². The molecule has 0 spiro atoms. The first kappa shape index (κ1) is 17.4. The Labute approximate surface area is 165 Å². The maximum atomic E-state index is 6.57. The molecule has 0 amide bonds. The van der Waals surface area contributed by atoms with Crippen LogP contribution >= 0.6 is 0 Å². The highest BCUT2D eigenvalue weighted by Gasteiger charge is 2.53. The number of rotatable bonds is 2. The number of hydrogen-bond donors (Lipinski definition) is 4. The summed E-state index contributed by atoms with van der Waals surface area (Å²) in [5.74, 6) is 0.525. The average Bonchev–Trinajstić information content (AvgIpc) is 3.38. The minimum Gasteiger partial charge on any atom is -0.379 e. The molecule has 5 heterocycles. The molecule has 4 aliphatic rings. The number of aromatic nitrogens is 1. The fraction of sp³-hybridized carbons (Fsp3) is 0.619. The van der Waals surface area contributed by atoms with Crippen molar-refractivity contribution in [1.29, 1.82) is 0 Å². The fourth-order valence-corrected chi connectivity index (χ4v) is 5.60. The van der Waals surface area contributed by atoms with Crippen molar-refractivity contribution >= 4 is 10.9 Å². The second-order valence-corrected chi connectivity index (χ2v) is 8.45. The summed E-state index contributed by atoms with van der Waals surface area (Å²) in [5, 5.41) is 12.7. The predicted octanol–water partition coefficient (Wildman–Crippen LogP) is 1.11. The lowest BCUT2D eigenvalue weighted by molar-refractivity contribution is -0.0864. The first-order valence-electron chi connectivity index (χ1n) is 10.7. The number of morpholine rings is 1. The van der Waals surface area contributed by atoms with Crippen molar-refractivity contribution in [2.45, 2.75) is 43.5 Å². The van der Waals surface area contributed by atoms with Gasteiger partial charge in [0.2, 0.25) is 0 Å². The van der Waals surface area contributed by atoms with Gasteiger partial charge in [0.25, 0.3) is 0 Å². The van der Waals surface area contributed by atoms with E-state index in [4.69, 9.17) is 9.47 Å². The largest absolute Gasteiger partial charge is 0.379 e. The summed E-state index contributed by atoms with van der Waals surface area (Å²) in [4.78, 5) is 5.87. The molecular formula is C21H29N5O2. The van der Waals surface area contributed by atoms with Crippen LogP contribution in [0.4, 0.5) is 0 Å². The molecule has 2 aromatic rings. The number of aromatic amines is 1. The Kier molecular flexibility index (Phi) is 4.40. The lowest BCUT2D eigenvalue weighted by atomic mass is 9.86. The maximum Gasteiger partial charge on any atom is 0.113 e. The van der Waals surface area contributed by atoms with E-state index in [2.05, 4.69) is 50.1 Å². The van der Waals surface area contributed by atoms with E-state index in [0.29, 0.717) is 12.0 Å². The Morgan fingerprint density at radius 2 is 2.00 bits per heavy atom. The SMILES string of the molecule is c1cc(C2NC3C4CCCNC4OC3C(N3CCOCC3)N2)c2cc[nH]c2c1. The summed E-state index contributed by atoms with van der Waals surface area (Å²) in [7, 11) is 0. The van der Waals surface area contributed by atoms with Crippen molar-refractivity contribution in [2.24, 2.45) is 5.92 Å². The van der Waals surface area contributed by atoms with Crippen LogP contribution in [0, 0.1) is 5.92 Å². The van der Waals surface area contributed by atoms with Crippen molar-refractivity contribution in [1.82, 2.24) is 25.8 Å². The van der Waals surface area contributed by atoms with Gasteiger partial charge in [-0.3, -0.25) is 20.9 Å². The predicted molar refractivity (Wildman–Crippen MR) is 107 cm³/mol. The molecule has 150 valence electrons. The normalized spacial score (nSPS) is 39.0. The van der Waals surface area contributed by atoms with Gasteiger partial charge in [0, 0.05) is 42.1 Å². The maximum absolute atomic E-state index is 6.57. The fourth-order valence-electron chi connectivity index (χ4n) is 5.60. The van der Waals surface area contributed by atoms with E-state index < -0.39 is 0 Å². The molecule has 4 saturated heterocycles. The number of benzene rings is 1. The molecule has 7 nitrogen and oxygen atoms in total. The summed E-state index contributed by atoms with van der Waals surface area (Å²) >= 11 is 0. The van der Waals surface area contributed by atoms with E-state index in [0.717, 1.165) is 32.8 Å². The Bertz CT molecular complexity index is 835. The molecule has 4 aliphatic heterocycles. The molecule has 0 aliphatic carbocycles. The van der Waals surface area contributed by atoms with Crippen molar-refractivity contribution in [3.05, 3.63) is 36.0 Å². The van der Waals surface area contributed by atoms with Crippen molar-refractivity contribution in [2.75, 3.05) is 32.8 Å². The van der Waals surface area contributed by atoms with Gasteiger partial charge in [0.15, 0.2) is 0 Å². The molecular weight excluding hydrogens is 354 g/mol. The van der Waals surface area contributed by atoms with Gasteiger partial charge in [-0.2, -0.15) is 0 Å². The summed E-state index contributed by atoms with van der Waals surface area (Å²) in [6.07, 6.45) is 5.11. The Balaban J connectivity index is 1.36. The smallest absolute Gasteiger partial charge is 0.113 e. The zero-order chi connectivity index (χ0) is 18.5. The number of ether oxygens (including phenoxy) is 2. The van der Waals surface area contributed by atoms with Crippen LogP contribution in [0.3, 0.4) is 0 Å². The lowest BCUT2D eigenvalue weighted by Crippen LogP contribution is -2.68. The summed E-state index contributed by atoms with van der Waals surface area (Å²) in [6, 6.07) is 9.06. The topological polar surface area (TPSA) is 73.6 Å². The highest BCUT2D eigenvalue weighted by molar-refractivity contribution is 5.83. The molecule has 6 rings (SSSR count). The number of H-pyrrole nitrogens is 1. The molecule has 4 fully saturated rings. The molecule has 0 radical (unpaired) electrons. The van der Waals surface area contributed by atoms with Gasteiger partial charge >= 0.3 is 0 Å². The molecule has 7 heteroatoms. The third kappa shape index (κ3) is 2.81. The standard InChI is InChI=1S/C21H29N5O2/c1-3-14(13-6-8-22-16(13)5-1)19-24-17-15-4-2-7-23-21(15)28-18(17)20(25-19)26-9-11-27-12-10-26/h1,3,5-6,8,15,17-25H,2,4,7,9-12H2. The van der Waals surface area contributed by atoms with Gasteiger partial charge in [-0.05, 0) is 37.1 Å². The van der Waals surface area contributed by atoms with Gasteiger partial charge in [-0.25, -0.2) is 0 Å². The van der Waals surface area contributed by atoms with Crippen molar-refractivity contribution in [3.8, 4) is 0 Å². The highest BCUT2D eigenvalue weighted by Crippen LogP contribution is 2.38. The molecule has 6 unspecified atom stereocenters. The third-order valence-corrected chi connectivity index (χ3v) is 6.95. The number of hydrogen-bond acceptors (Lipinski definition) is 6. The number of piperidine rings is 1. The zero-order valence-electron chi connectivity index (χ0n) is 16.1. The minimum atomic E-state index is 0.109. The molecule has 6 atom stereocenters. The minimum absolute atomic E-state index is 0.109. The van der Waals surface area contributed by atoms with Crippen molar-refractivity contribution < 1.29 is 9.47 Å². The van der Waals surface area contributed by atoms with Crippen LogP contribution < -0.4 is 16.0 Å². The van der Waals surface area contributed by atoms with Gasteiger partial charge in [0.05, 0.1) is 25.5 Å². The van der Waals surface area contributed by atoms with Crippen LogP contribution in [-0.2, 0) is 9.47 Å². The van der Waals surface area contributed by atoms with E-state index >= 15 is 0 Å². The van der Waals surface area contributed by atoms with Crippen LogP contribution in [0.1, 0.15) is 24.6 Å². The summed E-state index contributed by atoms with van der Waals surface area (Å²) in [6.45, 7) is 4.56. The number of fused-ring (bicyclic) bond motifs is 4. The van der Waals surface area contributed by atoms with E-state index in [1.807, 2.05) is 6.20 Å². The van der Waals surface area contributed by atoms with Gasteiger partial charge in [-0.1, -0.05) is 12.1 Å². The third-order valence-electron chi connectivity index (χ3n) is 6.95. The molecule has 1 aromatic carbocycles. The first-order chi connectivity index (χ1) is 13.9. The van der Waals surface area contributed by atoms with Gasteiger partial charge in [-0.15, -0.1) is 0 Å². The first-order valence-corrected chi connectivity index (χ1v) is 10.7. The van der Waals surface area contributed by atoms with E-state index in [9.17, 15) is 0 Å². The van der Waals surface area contributed by atoms with E-state index in [1.165, 1.54) is 29.3 Å². The summed E-state index contributed by atoms with van der Waals surface area (Å²) in [5.41, 5.74) is 2.49. The second kappa shape index (κ2) is 7.09. The van der Waals surface area contributed by atoms with Gasteiger partial charge in [0.1, 0.15) is 12.3 Å². The second-order valence-electron chi connectivity index (χ2n) is 8.45. The molecule has 1 aromatic heterocycles. The molecule has 4 N–H and O–H groups in total.